The molecule has 0 aromatic carbocycles. The number of nitrogens with zero attached hydrogens (tertiary/aromatic N) is 5. The molecule has 160 valence electrons. The lowest BCUT2D eigenvalue weighted by Gasteiger charge is -2.30. The van der Waals surface area contributed by atoms with Crippen molar-refractivity contribution >= 4 is 11.9 Å². The second-order valence-electron chi connectivity index (χ2n) is 6.69. The monoisotopic (exact) mass is 425 g/mol. The third kappa shape index (κ3) is 4.99. The Bertz CT molecular complexity index is 946. The van der Waals surface area contributed by atoms with Crippen molar-refractivity contribution in [2.75, 3.05) is 19.7 Å². The number of piperidine rings is 1. The number of Topliss-reactive ketones (excluding diaryl/α,β-unsaturated/α-hetero) is 1. The normalized spacial score (nSPS) is 15.1. The van der Waals surface area contributed by atoms with E-state index < -0.39 is 30.5 Å². The van der Waals surface area contributed by atoms with Crippen LogP contribution in [0.5, 0.6) is 5.88 Å². The largest absolute Gasteiger partial charge is 0.469 e. The van der Waals surface area contributed by atoms with Crippen LogP contribution in [0.25, 0.3) is 0 Å². The van der Waals surface area contributed by atoms with E-state index >= 15 is 0 Å². The molecule has 1 aliphatic heterocycles. The smallest absolute Gasteiger partial charge is 0.451 e. The maximum Gasteiger partial charge on any atom is 0.451 e. The topological polar surface area (TPSA) is 118 Å². The number of rotatable bonds is 5. The second kappa shape index (κ2) is 8.59. The van der Waals surface area contributed by atoms with Gasteiger partial charge in [0.25, 0.3) is 0 Å². The molecular formula is C18H18F3N5O4. The van der Waals surface area contributed by atoms with Gasteiger partial charge in [0, 0.05) is 37.5 Å². The Kier molecular flexibility index (Phi) is 6.13. The van der Waals surface area contributed by atoms with Gasteiger partial charge in [-0.25, -0.2) is 19.7 Å². The van der Waals surface area contributed by atoms with Crippen molar-refractivity contribution in [3.05, 3.63) is 41.4 Å². The molecule has 0 radical (unpaired) electrons. The van der Waals surface area contributed by atoms with E-state index in [1.165, 1.54) is 11.1 Å². The molecule has 0 bridgehead atoms. The van der Waals surface area contributed by atoms with E-state index in [-0.39, 0.29) is 17.4 Å². The van der Waals surface area contributed by atoms with Crippen molar-refractivity contribution < 1.29 is 32.6 Å². The summed E-state index contributed by atoms with van der Waals surface area (Å²) in [5, 5.41) is 9.08. The number of halogens is 3. The van der Waals surface area contributed by atoms with Gasteiger partial charge in [0.05, 0.1) is 11.3 Å². The molecule has 0 atom stereocenters. The van der Waals surface area contributed by atoms with Crippen LogP contribution in [0.1, 0.15) is 46.5 Å². The van der Waals surface area contributed by atoms with E-state index in [1.54, 1.807) is 6.92 Å². The fourth-order valence-corrected chi connectivity index (χ4v) is 3.13. The molecular weight excluding hydrogens is 407 g/mol. The molecule has 30 heavy (non-hydrogen) atoms. The molecule has 1 N–H and O–H groups in total. The first-order valence-electron chi connectivity index (χ1n) is 9.03. The number of ketones is 1. The van der Waals surface area contributed by atoms with Gasteiger partial charge in [-0.05, 0) is 19.8 Å². The standard InChI is InChI=1S/C18H18F3N5O4/c1-10-23-8-12(15(24-10)11-3-6-26(7-4-11)17(28)29)13(27)9-30-14-2-5-22-16(25-14)18(19,20)21/h2,5,8,11H,3-4,6-7,9H2,1H3,(H,28,29). The van der Waals surface area contributed by atoms with E-state index in [0.29, 0.717) is 37.4 Å². The zero-order valence-corrected chi connectivity index (χ0v) is 15.9. The molecule has 0 aliphatic carbocycles. The van der Waals surface area contributed by atoms with Crippen molar-refractivity contribution in [2.24, 2.45) is 0 Å². The summed E-state index contributed by atoms with van der Waals surface area (Å²) in [6.07, 6.45) is -2.50. The second-order valence-corrected chi connectivity index (χ2v) is 6.69. The van der Waals surface area contributed by atoms with Gasteiger partial charge in [0.15, 0.2) is 6.61 Å². The predicted molar refractivity (Wildman–Crippen MR) is 95.2 cm³/mol. The zero-order valence-electron chi connectivity index (χ0n) is 15.9. The minimum atomic E-state index is -4.73. The Balaban J connectivity index is 1.73. The lowest BCUT2D eigenvalue weighted by atomic mass is 9.90. The highest BCUT2D eigenvalue weighted by Gasteiger charge is 2.35. The number of hydrogen-bond donors (Lipinski definition) is 1. The number of aryl methyl sites for hydroxylation is 1. The first-order valence-corrected chi connectivity index (χ1v) is 9.03. The molecule has 2 aromatic heterocycles. The maximum atomic E-state index is 12.7. The highest BCUT2D eigenvalue weighted by atomic mass is 19.4. The molecule has 0 saturated carbocycles. The molecule has 9 nitrogen and oxygen atoms in total. The van der Waals surface area contributed by atoms with Crippen LogP contribution in [0.3, 0.4) is 0 Å². The Morgan fingerprint density at radius 1 is 1.23 bits per heavy atom. The molecule has 1 aliphatic rings. The summed E-state index contributed by atoms with van der Waals surface area (Å²) in [5.41, 5.74) is 0.680. The van der Waals surface area contributed by atoms with Gasteiger partial charge in [-0.15, -0.1) is 0 Å². The Hall–Kier alpha value is -3.31. The molecule has 12 heteroatoms. The molecule has 1 saturated heterocycles. The number of alkyl halides is 3. The fraction of sp³-hybridized carbons (Fsp3) is 0.444. The van der Waals surface area contributed by atoms with Crippen LogP contribution in [-0.2, 0) is 6.18 Å². The minimum absolute atomic E-state index is 0.142. The van der Waals surface area contributed by atoms with E-state index in [2.05, 4.69) is 19.9 Å². The lowest BCUT2D eigenvalue weighted by molar-refractivity contribution is -0.145. The minimum Gasteiger partial charge on any atom is -0.469 e. The van der Waals surface area contributed by atoms with Gasteiger partial charge in [0.1, 0.15) is 5.82 Å². The first-order chi connectivity index (χ1) is 14.1. The van der Waals surface area contributed by atoms with Crippen molar-refractivity contribution in [1.29, 1.82) is 0 Å². The summed E-state index contributed by atoms with van der Waals surface area (Å²) >= 11 is 0. The van der Waals surface area contributed by atoms with Crippen LogP contribution in [0.15, 0.2) is 18.5 Å². The third-order valence-corrected chi connectivity index (χ3v) is 4.63. The maximum absolute atomic E-state index is 12.7. The summed E-state index contributed by atoms with van der Waals surface area (Å²) in [4.78, 5) is 39.8. The number of aromatic nitrogens is 4. The number of carbonyl (C=O) groups is 2. The van der Waals surface area contributed by atoms with Crippen molar-refractivity contribution in [3.8, 4) is 5.88 Å². The van der Waals surface area contributed by atoms with Crippen LogP contribution in [-0.4, -0.2) is 61.5 Å². The van der Waals surface area contributed by atoms with Gasteiger partial charge in [-0.1, -0.05) is 0 Å². The van der Waals surface area contributed by atoms with Gasteiger partial charge in [-0.2, -0.15) is 18.2 Å². The van der Waals surface area contributed by atoms with E-state index in [4.69, 9.17) is 9.84 Å². The SMILES string of the molecule is Cc1ncc(C(=O)COc2ccnc(C(F)(F)F)n2)c(C2CCN(C(=O)O)CC2)n1. The molecule has 1 fully saturated rings. The van der Waals surface area contributed by atoms with Crippen LogP contribution < -0.4 is 4.74 Å². The Morgan fingerprint density at radius 2 is 1.93 bits per heavy atom. The Morgan fingerprint density at radius 3 is 2.57 bits per heavy atom. The van der Waals surface area contributed by atoms with Crippen molar-refractivity contribution in [3.63, 3.8) is 0 Å². The summed E-state index contributed by atoms with van der Waals surface area (Å²) < 4.78 is 43.2. The van der Waals surface area contributed by atoms with Crippen LogP contribution in [0, 0.1) is 6.92 Å². The van der Waals surface area contributed by atoms with Gasteiger partial charge in [-0.3, -0.25) is 4.79 Å². The van der Waals surface area contributed by atoms with Crippen molar-refractivity contribution in [1.82, 2.24) is 24.8 Å². The molecule has 3 rings (SSSR count). The highest BCUT2D eigenvalue weighted by molar-refractivity contribution is 5.98. The van der Waals surface area contributed by atoms with Crippen LogP contribution in [0.2, 0.25) is 0 Å². The lowest BCUT2D eigenvalue weighted by Crippen LogP contribution is -2.37. The molecule has 0 spiro atoms. The van der Waals surface area contributed by atoms with Gasteiger partial charge < -0.3 is 14.7 Å². The predicted octanol–water partition coefficient (Wildman–Crippen LogP) is 2.71. The number of carbonyl (C=O) groups excluding carboxylic acids is 1. The molecule has 3 heterocycles. The summed E-state index contributed by atoms with van der Waals surface area (Å²) in [7, 11) is 0. The molecule has 2 aromatic rings. The third-order valence-electron chi connectivity index (χ3n) is 4.63. The number of amides is 1. The average Bonchev–Trinajstić information content (AvgIpc) is 2.71. The van der Waals surface area contributed by atoms with Crippen LogP contribution in [0.4, 0.5) is 18.0 Å². The number of likely N-dealkylation sites (tertiary alicyclic amines) is 1. The number of carboxylic acid groups (broad SMARTS) is 1. The first kappa shape index (κ1) is 21.4. The molecule has 0 unspecified atom stereocenters. The van der Waals surface area contributed by atoms with Gasteiger partial charge >= 0.3 is 12.3 Å². The Labute approximate surface area is 168 Å². The number of ether oxygens (including phenoxy) is 1. The highest BCUT2D eigenvalue weighted by Crippen LogP contribution is 2.30. The van der Waals surface area contributed by atoms with Gasteiger partial charge in [0.2, 0.25) is 17.5 Å². The van der Waals surface area contributed by atoms with E-state index in [0.717, 1.165) is 12.3 Å². The molecule has 1 amide bonds. The quantitative estimate of drug-likeness (QED) is 0.727. The summed E-state index contributed by atoms with van der Waals surface area (Å²) in [6.45, 7) is 1.74. The zero-order chi connectivity index (χ0) is 21.9. The van der Waals surface area contributed by atoms with E-state index in [9.17, 15) is 22.8 Å². The van der Waals surface area contributed by atoms with Crippen LogP contribution >= 0.6 is 0 Å². The average molecular weight is 425 g/mol. The summed E-state index contributed by atoms with van der Waals surface area (Å²) in [6, 6.07) is 1.12. The van der Waals surface area contributed by atoms with E-state index in [1.807, 2.05) is 0 Å². The summed E-state index contributed by atoms with van der Waals surface area (Å²) in [5.74, 6) is -1.95. The van der Waals surface area contributed by atoms with Crippen molar-refractivity contribution in [2.45, 2.75) is 31.9 Å². The number of hydrogen-bond acceptors (Lipinski definition) is 7. The fourth-order valence-electron chi connectivity index (χ4n) is 3.13.